The van der Waals surface area contributed by atoms with Crippen LogP contribution in [0.15, 0.2) is 60.7 Å². The molecule has 3 aromatic rings. The molecule has 0 bridgehead atoms. The van der Waals surface area contributed by atoms with Crippen LogP contribution >= 0.6 is 0 Å². The van der Waals surface area contributed by atoms with Gasteiger partial charge in [0, 0.05) is 17.0 Å². The van der Waals surface area contributed by atoms with Gasteiger partial charge in [-0.05, 0) is 62.4 Å². The summed E-state index contributed by atoms with van der Waals surface area (Å²) in [4.78, 5) is 38.7. The number of hydrogen-bond acceptors (Lipinski definition) is 3. The van der Waals surface area contributed by atoms with Crippen LogP contribution in [0.5, 0.6) is 0 Å². The van der Waals surface area contributed by atoms with Crippen LogP contribution in [0.2, 0.25) is 0 Å². The summed E-state index contributed by atoms with van der Waals surface area (Å²) in [6, 6.07) is 17.0. The van der Waals surface area contributed by atoms with E-state index in [0.29, 0.717) is 22.4 Å². The molecule has 0 aliphatic carbocycles. The molecule has 0 atom stereocenters. The van der Waals surface area contributed by atoms with E-state index < -0.39 is 0 Å². The lowest BCUT2D eigenvalue weighted by molar-refractivity contribution is 0.0925. The first-order chi connectivity index (χ1) is 13.0. The fourth-order valence-corrected chi connectivity index (χ4v) is 3.20. The highest BCUT2D eigenvalue weighted by atomic mass is 16.2. The van der Waals surface area contributed by atoms with E-state index >= 15 is 0 Å². The summed E-state index contributed by atoms with van der Waals surface area (Å²) in [5.41, 5.74) is 6.32. The molecular weight excluding hydrogens is 342 g/mol. The van der Waals surface area contributed by atoms with Crippen molar-refractivity contribution in [3.8, 4) is 0 Å². The molecule has 1 N–H and O–H groups in total. The summed E-state index contributed by atoms with van der Waals surface area (Å²) in [6.45, 7) is 3.80. The smallest absolute Gasteiger partial charge is 0.268 e. The molecule has 0 spiro atoms. The maximum absolute atomic E-state index is 12.5. The molecule has 0 radical (unpaired) electrons. The molecule has 1 aromatic heterocycles. The number of rotatable bonds is 3. The number of benzene rings is 2. The second-order valence-electron chi connectivity index (χ2n) is 6.43. The van der Waals surface area contributed by atoms with Crippen LogP contribution in [-0.2, 0) is 0 Å². The zero-order valence-electron chi connectivity index (χ0n) is 14.9. The quantitative estimate of drug-likeness (QED) is 0.730. The molecular formula is C21H17N3O3. The van der Waals surface area contributed by atoms with E-state index in [4.69, 9.17) is 0 Å². The van der Waals surface area contributed by atoms with Gasteiger partial charge in [-0.3, -0.25) is 24.5 Å². The first-order valence-corrected chi connectivity index (χ1v) is 8.51. The average Bonchev–Trinajstić information content (AvgIpc) is 3.13. The van der Waals surface area contributed by atoms with Gasteiger partial charge in [-0.15, -0.1) is 0 Å². The van der Waals surface area contributed by atoms with Crippen molar-refractivity contribution >= 4 is 23.4 Å². The largest absolute Gasteiger partial charge is 0.270 e. The summed E-state index contributed by atoms with van der Waals surface area (Å²) < 4.78 is 1.71. The number of nitrogens with zero attached hydrogens (tertiary/aromatic N) is 2. The summed E-state index contributed by atoms with van der Waals surface area (Å²) in [6.07, 6.45) is 0. The minimum atomic E-state index is -0.355. The Balaban J connectivity index is 1.57. The summed E-state index contributed by atoms with van der Waals surface area (Å²) in [7, 11) is 0. The fourth-order valence-electron chi connectivity index (χ4n) is 3.20. The standard InChI is InChI=1S/C21H17N3O3/c1-13-7-8-14(2)24(13)22-19(25)15-9-11-16(12-10-15)23-20(26)17-5-3-4-6-18(17)21(23)27/h3-12H,1-2H3,(H,22,25). The maximum atomic E-state index is 12.5. The molecule has 134 valence electrons. The van der Waals surface area contributed by atoms with E-state index in [9.17, 15) is 14.4 Å². The Kier molecular flexibility index (Phi) is 3.88. The Morgan fingerprint density at radius 3 is 1.81 bits per heavy atom. The van der Waals surface area contributed by atoms with Crippen molar-refractivity contribution in [2.24, 2.45) is 0 Å². The SMILES string of the molecule is Cc1ccc(C)n1NC(=O)c1ccc(N2C(=O)c3ccccc3C2=O)cc1. The zero-order valence-corrected chi connectivity index (χ0v) is 14.9. The molecule has 0 saturated carbocycles. The molecule has 6 heteroatoms. The van der Waals surface area contributed by atoms with Crippen LogP contribution in [0.4, 0.5) is 5.69 Å². The van der Waals surface area contributed by atoms with Crippen molar-refractivity contribution in [2.75, 3.05) is 10.3 Å². The fraction of sp³-hybridized carbons (Fsp3) is 0.0952. The van der Waals surface area contributed by atoms with Gasteiger partial charge in [0.15, 0.2) is 0 Å². The highest BCUT2D eigenvalue weighted by Crippen LogP contribution is 2.28. The second kappa shape index (κ2) is 6.25. The highest BCUT2D eigenvalue weighted by Gasteiger charge is 2.36. The minimum absolute atomic E-state index is 0.272. The van der Waals surface area contributed by atoms with E-state index in [2.05, 4.69) is 5.43 Å². The van der Waals surface area contributed by atoms with Crippen LogP contribution in [0.1, 0.15) is 42.5 Å². The van der Waals surface area contributed by atoms with Gasteiger partial charge in [0.1, 0.15) is 0 Å². The molecule has 2 aromatic carbocycles. The monoisotopic (exact) mass is 359 g/mol. The number of imide groups is 1. The van der Waals surface area contributed by atoms with E-state index in [1.165, 1.54) is 0 Å². The molecule has 0 saturated heterocycles. The number of aromatic nitrogens is 1. The number of nitrogens with one attached hydrogen (secondary N) is 1. The topological polar surface area (TPSA) is 71.4 Å². The van der Waals surface area contributed by atoms with Gasteiger partial charge < -0.3 is 0 Å². The number of carbonyl (C=O) groups is 3. The Morgan fingerprint density at radius 2 is 1.30 bits per heavy atom. The number of hydrogen-bond donors (Lipinski definition) is 1. The van der Waals surface area contributed by atoms with Crippen molar-refractivity contribution in [1.82, 2.24) is 4.68 Å². The maximum Gasteiger partial charge on any atom is 0.270 e. The van der Waals surface area contributed by atoms with E-state index in [-0.39, 0.29) is 17.7 Å². The van der Waals surface area contributed by atoms with Crippen LogP contribution in [0.25, 0.3) is 0 Å². The van der Waals surface area contributed by atoms with Gasteiger partial charge in [0.25, 0.3) is 17.7 Å². The number of carbonyl (C=O) groups excluding carboxylic acids is 3. The molecule has 27 heavy (non-hydrogen) atoms. The predicted octanol–water partition coefficient (Wildman–Crippen LogP) is 3.29. The predicted molar refractivity (Wildman–Crippen MR) is 102 cm³/mol. The average molecular weight is 359 g/mol. The molecule has 6 nitrogen and oxygen atoms in total. The first-order valence-electron chi connectivity index (χ1n) is 8.51. The van der Waals surface area contributed by atoms with Gasteiger partial charge in [-0.2, -0.15) is 0 Å². The lowest BCUT2D eigenvalue weighted by Crippen LogP contribution is -2.29. The third-order valence-electron chi connectivity index (χ3n) is 4.67. The van der Waals surface area contributed by atoms with E-state index in [1.807, 2.05) is 26.0 Å². The number of amides is 3. The van der Waals surface area contributed by atoms with Crippen molar-refractivity contribution in [3.63, 3.8) is 0 Å². The summed E-state index contributed by atoms with van der Waals surface area (Å²) >= 11 is 0. The minimum Gasteiger partial charge on any atom is -0.268 e. The molecule has 1 aliphatic heterocycles. The van der Waals surface area contributed by atoms with Gasteiger partial charge in [0.05, 0.1) is 16.8 Å². The molecule has 3 amide bonds. The van der Waals surface area contributed by atoms with Crippen LogP contribution in [-0.4, -0.2) is 22.4 Å². The van der Waals surface area contributed by atoms with Gasteiger partial charge in [-0.25, -0.2) is 4.90 Å². The molecule has 0 fully saturated rings. The number of fused-ring (bicyclic) bond motifs is 1. The van der Waals surface area contributed by atoms with Crippen LogP contribution in [0, 0.1) is 13.8 Å². The van der Waals surface area contributed by atoms with E-state index in [0.717, 1.165) is 16.3 Å². The Labute approximate surface area is 156 Å². The Bertz CT molecular complexity index is 1030. The molecule has 4 rings (SSSR count). The number of anilines is 1. The van der Waals surface area contributed by atoms with Crippen LogP contribution in [0.3, 0.4) is 0 Å². The molecule has 0 unspecified atom stereocenters. The summed E-state index contributed by atoms with van der Waals surface area (Å²) in [5, 5.41) is 0. The normalized spacial score (nSPS) is 13.0. The van der Waals surface area contributed by atoms with Gasteiger partial charge >= 0.3 is 0 Å². The van der Waals surface area contributed by atoms with Crippen molar-refractivity contribution in [1.29, 1.82) is 0 Å². The van der Waals surface area contributed by atoms with Crippen LogP contribution < -0.4 is 10.3 Å². The lowest BCUT2D eigenvalue weighted by atomic mass is 10.1. The van der Waals surface area contributed by atoms with Crippen molar-refractivity contribution < 1.29 is 14.4 Å². The third kappa shape index (κ3) is 2.71. The second-order valence-corrected chi connectivity index (χ2v) is 6.43. The molecule has 1 aliphatic rings. The van der Waals surface area contributed by atoms with Crippen molar-refractivity contribution in [2.45, 2.75) is 13.8 Å². The Morgan fingerprint density at radius 1 is 0.778 bits per heavy atom. The molecule has 2 heterocycles. The number of aryl methyl sites for hydroxylation is 2. The zero-order chi connectivity index (χ0) is 19.1. The van der Waals surface area contributed by atoms with E-state index in [1.54, 1.807) is 53.2 Å². The first kappa shape index (κ1) is 16.8. The highest BCUT2D eigenvalue weighted by molar-refractivity contribution is 6.34. The summed E-state index contributed by atoms with van der Waals surface area (Å²) in [5.74, 6) is -0.982. The van der Waals surface area contributed by atoms with Gasteiger partial charge in [-0.1, -0.05) is 12.1 Å². The van der Waals surface area contributed by atoms with Crippen molar-refractivity contribution in [3.05, 3.63) is 88.7 Å². The third-order valence-corrected chi connectivity index (χ3v) is 4.67. The van der Waals surface area contributed by atoms with Gasteiger partial charge in [0.2, 0.25) is 0 Å². The Hall–Kier alpha value is -3.67. The lowest BCUT2D eigenvalue weighted by Gasteiger charge is -2.15.